The number of thiophene rings is 1. The first kappa shape index (κ1) is 18.1. The zero-order valence-corrected chi connectivity index (χ0v) is 14.7. The standard InChI is InChI=1S/C17H14F3N3O2S/c1-10(24)22(2)15-9-23(25)16(14-4-3-7-26-14)12-8-11(17(18,19)20)5-6-13(12)21-15/h3-8H,9H2,1-2H3. The van der Waals surface area contributed by atoms with E-state index in [0.29, 0.717) is 9.62 Å². The van der Waals surface area contributed by atoms with Crippen LogP contribution in [0.3, 0.4) is 0 Å². The van der Waals surface area contributed by atoms with Crippen LogP contribution in [0.4, 0.5) is 18.9 Å². The molecule has 0 fully saturated rings. The van der Waals surface area contributed by atoms with Gasteiger partial charge in [-0.2, -0.15) is 17.9 Å². The van der Waals surface area contributed by atoms with Gasteiger partial charge in [-0.05, 0) is 29.6 Å². The fourth-order valence-corrected chi connectivity index (χ4v) is 3.33. The molecule has 0 unspecified atom stereocenters. The highest BCUT2D eigenvalue weighted by Gasteiger charge is 2.34. The van der Waals surface area contributed by atoms with Crippen LogP contribution in [0.2, 0.25) is 0 Å². The summed E-state index contributed by atoms with van der Waals surface area (Å²) in [5.74, 6) is -0.162. The molecule has 136 valence electrons. The molecule has 0 saturated heterocycles. The zero-order valence-electron chi connectivity index (χ0n) is 13.9. The molecule has 0 spiro atoms. The van der Waals surface area contributed by atoms with Gasteiger partial charge < -0.3 is 5.21 Å². The van der Waals surface area contributed by atoms with Gasteiger partial charge in [0.15, 0.2) is 5.84 Å². The third-order valence-corrected chi connectivity index (χ3v) is 4.85. The van der Waals surface area contributed by atoms with Gasteiger partial charge >= 0.3 is 6.18 Å². The third kappa shape index (κ3) is 3.34. The Balaban J connectivity index is 2.26. The van der Waals surface area contributed by atoms with Crippen molar-refractivity contribution in [2.24, 2.45) is 4.99 Å². The SMILES string of the molecule is CC(=O)N(C)C1=Nc2ccc(C(F)(F)F)cc2C(c2cccs2)=[N+]([O-])C1. The van der Waals surface area contributed by atoms with Gasteiger partial charge in [-0.25, -0.2) is 4.99 Å². The Bertz CT molecular complexity index is 918. The predicted octanol–water partition coefficient (Wildman–Crippen LogP) is 3.64. The molecule has 0 aliphatic carbocycles. The Labute approximate surface area is 151 Å². The number of hydroxylamine groups is 1. The average Bonchev–Trinajstić information content (AvgIpc) is 3.03. The molecule has 1 amide bonds. The number of amides is 1. The van der Waals surface area contributed by atoms with Crippen LogP contribution in [0.15, 0.2) is 40.7 Å². The summed E-state index contributed by atoms with van der Waals surface area (Å²) in [6, 6.07) is 6.44. The van der Waals surface area contributed by atoms with Crippen LogP contribution in [0.1, 0.15) is 22.9 Å². The minimum Gasteiger partial charge on any atom is -0.623 e. The summed E-state index contributed by atoms with van der Waals surface area (Å²) < 4.78 is 40.0. The summed E-state index contributed by atoms with van der Waals surface area (Å²) >= 11 is 1.24. The molecular formula is C17H14F3N3O2S. The Morgan fingerprint density at radius 3 is 2.65 bits per heavy atom. The van der Waals surface area contributed by atoms with Gasteiger partial charge in [-0.1, -0.05) is 6.07 Å². The molecule has 9 heteroatoms. The van der Waals surface area contributed by atoms with Crippen molar-refractivity contribution in [2.45, 2.75) is 13.1 Å². The van der Waals surface area contributed by atoms with Crippen molar-refractivity contribution in [3.8, 4) is 0 Å². The molecule has 26 heavy (non-hydrogen) atoms. The van der Waals surface area contributed by atoms with Crippen molar-refractivity contribution in [1.82, 2.24) is 4.90 Å². The monoisotopic (exact) mass is 381 g/mol. The van der Waals surface area contributed by atoms with Gasteiger partial charge in [0.05, 0.1) is 16.8 Å². The highest BCUT2D eigenvalue weighted by molar-refractivity contribution is 7.12. The number of rotatable bonds is 1. The van der Waals surface area contributed by atoms with Gasteiger partial charge in [0, 0.05) is 14.0 Å². The van der Waals surface area contributed by atoms with Crippen LogP contribution in [-0.4, -0.2) is 40.7 Å². The van der Waals surface area contributed by atoms with E-state index in [1.54, 1.807) is 17.5 Å². The molecule has 0 saturated carbocycles. The number of amidine groups is 1. The molecule has 1 aliphatic heterocycles. The lowest BCUT2D eigenvalue weighted by Crippen LogP contribution is -2.36. The first-order chi connectivity index (χ1) is 12.2. The maximum Gasteiger partial charge on any atom is 0.416 e. The van der Waals surface area contributed by atoms with Gasteiger partial charge in [0.25, 0.3) is 0 Å². The van der Waals surface area contributed by atoms with E-state index >= 15 is 0 Å². The number of hydrogen-bond donors (Lipinski definition) is 0. The van der Waals surface area contributed by atoms with E-state index < -0.39 is 11.7 Å². The molecular weight excluding hydrogens is 367 g/mol. The molecule has 0 N–H and O–H groups in total. The Hall–Kier alpha value is -2.68. The first-order valence-electron chi connectivity index (χ1n) is 7.57. The summed E-state index contributed by atoms with van der Waals surface area (Å²) in [5.41, 5.74) is -0.457. The van der Waals surface area contributed by atoms with E-state index in [-0.39, 0.29) is 35.3 Å². The van der Waals surface area contributed by atoms with Crippen molar-refractivity contribution in [3.63, 3.8) is 0 Å². The van der Waals surface area contributed by atoms with Crippen molar-refractivity contribution in [2.75, 3.05) is 13.6 Å². The second kappa shape index (κ2) is 6.56. The minimum absolute atomic E-state index is 0.0872. The van der Waals surface area contributed by atoms with Crippen LogP contribution in [0, 0.1) is 5.21 Å². The Kier molecular flexibility index (Phi) is 4.57. The molecule has 1 aliphatic rings. The fourth-order valence-electron chi connectivity index (χ4n) is 2.55. The van der Waals surface area contributed by atoms with Crippen molar-refractivity contribution in [3.05, 3.63) is 56.9 Å². The van der Waals surface area contributed by atoms with Crippen molar-refractivity contribution >= 4 is 34.5 Å². The lowest BCUT2D eigenvalue weighted by Gasteiger charge is -2.16. The van der Waals surface area contributed by atoms with Crippen LogP contribution in [0.5, 0.6) is 0 Å². The molecule has 5 nitrogen and oxygen atoms in total. The topological polar surface area (TPSA) is 58.7 Å². The van der Waals surface area contributed by atoms with Crippen LogP contribution in [-0.2, 0) is 11.0 Å². The number of hydrogen-bond acceptors (Lipinski definition) is 4. The van der Waals surface area contributed by atoms with E-state index in [9.17, 15) is 23.2 Å². The number of benzene rings is 1. The molecule has 1 aromatic carbocycles. The average molecular weight is 381 g/mol. The molecule has 0 atom stereocenters. The fraction of sp³-hybridized carbons (Fsp3) is 0.235. The van der Waals surface area contributed by atoms with E-state index in [1.807, 2.05) is 0 Å². The maximum absolute atomic E-state index is 13.1. The molecule has 0 radical (unpaired) electrons. The third-order valence-electron chi connectivity index (χ3n) is 3.98. The lowest BCUT2D eigenvalue weighted by molar-refractivity contribution is -0.439. The van der Waals surface area contributed by atoms with Gasteiger partial charge in [-0.15, -0.1) is 11.3 Å². The second-order valence-corrected chi connectivity index (χ2v) is 6.65. The molecule has 3 rings (SSSR count). The van der Waals surface area contributed by atoms with E-state index in [1.165, 1.54) is 36.3 Å². The molecule has 2 aromatic rings. The van der Waals surface area contributed by atoms with Gasteiger partial charge in [-0.3, -0.25) is 9.69 Å². The van der Waals surface area contributed by atoms with Crippen LogP contribution < -0.4 is 0 Å². The summed E-state index contributed by atoms with van der Waals surface area (Å²) in [5, 5.41) is 14.5. The Morgan fingerprint density at radius 1 is 1.35 bits per heavy atom. The number of carbonyl (C=O) groups excluding carboxylic acids is 1. The van der Waals surface area contributed by atoms with Gasteiger partial charge in [0.1, 0.15) is 4.88 Å². The summed E-state index contributed by atoms with van der Waals surface area (Å²) in [6.07, 6.45) is -4.54. The number of alkyl halides is 3. The second-order valence-electron chi connectivity index (χ2n) is 5.70. The summed E-state index contributed by atoms with van der Waals surface area (Å²) in [7, 11) is 1.47. The molecule has 1 aromatic heterocycles. The smallest absolute Gasteiger partial charge is 0.416 e. The number of fused-ring (bicyclic) bond motifs is 1. The number of carbonyl (C=O) groups is 1. The van der Waals surface area contributed by atoms with E-state index in [2.05, 4.69) is 4.99 Å². The quantitative estimate of drug-likeness (QED) is 0.559. The normalized spacial score (nSPS) is 14.6. The first-order valence-corrected chi connectivity index (χ1v) is 8.45. The van der Waals surface area contributed by atoms with E-state index in [4.69, 9.17) is 0 Å². The van der Waals surface area contributed by atoms with E-state index in [0.717, 1.165) is 12.1 Å². The van der Waals surface area contributed by atoms with Crippen LogP contribution in [0.25, 0.3) is 0 Å². The Morgan fingerprint density at radius 2 is 2.08 bits per heavy atom. The highest BCUT2D eigenvalue weighted by atomic mass is 32.1. The number of aliphatic imine (C=N–C) groups is 1. The van der Waals surface area contributed by atoms with Crippen molar-refractivity contribution in [1.29, 1.82) is 0 Å². The largest absolute Gasteiger partial charge is 0.623 e. The number of nitrogens with zero attached hydrogens (tertiary/aromatic N) is 3. The number of likely N-dealkylation sites (N-methyl/N-ethyl adjacent to an activating group) is 1. The lowest BCUT2D eigenvalue weighted by atomic mass is 10.0. The predicted molar refractivity (Wildman–Crippen MR) is 93.0 cm³/mol. The van der Waals surface area contributed by atoms with Crippen LogP contribution >= 0.6 is 11.3 Å². The maximum atomic E-state index is 13.1. The summed E-state index contributed by atoms with van der Waals surface area (Å²) in [6.45, 7) is 1.07. The van der Waals surface area contributed by atoms with Gasteiger partial charge in [0.2, 0.25) is 18.2 Å². The van der Waals surface area contributed by atoms with Crippen molar-refractivity contribution < 1.29 is 22.7 Å². The molecule has 0 bridgehead atoms. The molecule has 2 heterocycles. The number of halogens is 3. The summed E-state index contributed by atoms with van der Waals surface area (Å²) in [4.78, 5) is 17.7. The highest BCUT2D eigenvalue weighted by Crippen LogP contribution is 2.35. The zero-order chi connectivity index (χ0) is 19.1. The minimum atomic E-state index is -4.54.